The molecular weight excluding hydrogens is 366 g/mol. The van der Waals surface area contributed by atoms with Gasteiger partial charge in [0.1, 0.15) is 0 Å². The normalized spacial score (nSPS) is 46.5. The van der Waals surface area contributed by atoms with E-state index in [0.29, 0.717) is 10.8 Å². The quantitative estimate of drug-likeness (QED) is 0.322. The summed E-state index contributed by atoms with van der Waals surface area (Å²) in [5.41, 5.74) is 1.10. The number of hydrogen-bond donors (Lipinski definition) is 0. The summed E-state index contributed by atoms with van der Waals surface area (Å²) in [5.74, 6) is 6.35. The fourth-order valence-corrected chi connectivity index (χ4v) is 9.45. The second-order valence-corrected chi connectivity index (χ2v) is 12.8. The maximum atomic E-state index is 10.8. The van der Waals surface area contributed by atoms with Crippen molar-refractivity contribution in [3.05, 3.63) is 0 Å². The van der Waals surface area contributed by atoms with Crippen LogP contribution in [0, 0.1) is 52.3 Å². The Morgan fingerprint density at radius 1 is 0.900 bits per heavy atom. The zero-order valence-electron chi connectivity index (χ0n) is 20.5. The van der Waals surface area contributed by atoms with Crippen molar-refractivity contribution >= 4 is 6.08 Å². The molecular formula is C28H47NO. The predicted octanol–water partition coefficient (Wildman–Crippen LogP) is 7.81. The van der Waals surface area contributed by atoms with Crippen LogP contribution in [0.2, 0.25) is 0 Å². The molecule has 170 valence electrons. The molecule has 9 atom stereocenters. The van der Waals surface area contributed by atoms with Gasteiger partial charge in [0.25, 0.3) is 0 Å². The summed E-state index contributed by atoms with van der Waals surface area (Å²) in [6, 6.07) is 0.258. The third-order valence-electron chi connectivity index (χ3n) is 11.1. The van der Waals surface area contributed by atoms with Crippen molar-refractivity contribution in [1.29, 1.82) is 0 Å². The highest BCUT2D eigenvalue weighted by Gasteiger charge is 2.60. The molecule has 4 saturated carbocycles. The van der Waals surface area contributed by atoms with E-state index in [1.165, 1.54) is 64.2 Å². The molecule has 2 nitrogen and oxygen atoms in total. The van der Waals surface area contributed by atoms with Gasteiger partial charge in [0.15, 0.2) is 0 Å². The molecule has 0 amide bonds. The van der Waals surface area contributed by atoms with E-state index in [9.17, 15) is 4.79 Å². The van der Waals surface area contributed by atoms with Gasteiger partial charge in [0.2, 0.25) is 6.08 Å². The van der Waals surface area contributed by atoms with Gasteiger partial charge in [-0.05, 0) is 110 Å². The lowest BCUT2D eigenvalue weighted by molar-refractivity contribution is -0.116. The molecule has 0 saturated heterocycles. The zero-order chi connectivity index (χ0) is 21.5. The molecule has 4 rings (SSSR count). The maximum Gasteiger partial charge on any atom is 0.235 e. The van der Waals surface area contributed by atoms with Gasteiger partial charge < -0.3 is 0 Å². The monoisotopic (exact) mass is 413 g/mol. The summed E-state index contributed by atoms with van der Waals surface area (Å²) < 4.78 is 0. The average Bonchev–Trinajstić information content (AvgIpc) is 3.05. The highest BCUT2D eigenvalue weighted by Crippen LogP contribution is 2.68. The summed E-state index contributed by atoms with van der Waals surface area (Å²) in [5, 5.41) is 0. The maximum absolute atomic E-state index is 10.8. The second kappa shape index (κ2) is 8.73. The van der Waals surface area contributed by atoms with Gasteiger partial charge in [-0.3, -0.25) is 0 Å². The Hall–Kier alpha value is -0.620. The van der Waals surface area contributed by atoms with Crippen LogP contribution in [-0.4, -0.2) is 12.1 Å². The van der Waals surface area contributed by atoms with Crippen LogP contribution in [0.25, 0.3) is 0 Å². The largest absolute Gasteiger partial charge is 0.235 e. The Morgan fingerprint density at radius 2 is 1.63 bits per heavy atom. The second-order valence-electron chi connectivity index (χ2n) is 12.8. The lowest BCUT2D eigenvalue weighted by Gasteiger charge is -2.61. The first-order chi connectivity index (χ1) is 14.3. The van der Waals surface area contributed by atoms with Crippen LogP contribution in [0.1, 0.15) is 112 Å². The highest BCUT2D eigenvalue weighted by molar-refractivity contribution is 5.33. The summed E-state index contributed by atoms with van der Waals surface area (Å²) in [6.45, 7) is 12.6. The molecule has 4 aliphatic carbocycles. The van der Waals surface area contributed by atoms with E-state index in [0.717, 1.165) is 54.3 Å². The molecule has 1 unspecified atom stereocenters. The van der Waals surface area contributed by atoms with Crippen LogP contribution in [0.5, 0.6) is 0 Å². The minimum absolute atomic E-state index is 0.258. The Balaban J connectivity index is 1.45. The molecule has 0 heterocycles. The third kappa shape index (κ3) is 3.85. The van der Waals surface area contributed by atoms with E-state index < -0.39 is 0 Å². The van der Waals surface area contributed by atoms with Crippen LogP contribution in [0.3, 0.4) is 0 Å². The van der Waals surface area contributed by atoms with Gasteiger partial charge in [0, 0.05) is 0 Å². The van der Waals surface area contributed by atoms with Crippen molar-refractivity contribution in [2.75, 3.05) is 0 Å². The molecule has 0 bridgehead atoms. The zero-order valence-corrected chi connectivity index (χ0v) is 20.5. The molecule has 0 spiro atoms. The van der Waals surface area contributed by atoms with Crippen LogP contribution in [0.15, 0.2) is 4.99 Å². The lowest BCUT2D eigenvalue weighted by Crippen LogP contribution is -2.54. The van der Waals surface area contributed by atoms with Crippen molar-refractivity contribution in [1.82, 2.24) is 0 Å². The fourth-order valence-electron chi connectivity index (χ4n) is 9.45. The predicted molar refractivity (Wildman–Crippen MR) is 125 cm³/mol. The summed E-state index contributed by atoms with van der Waals surface area (Å²) >= 11 is 0. The Labute approximate surface area is 186 Å². The van der Waals surface area contributed by atoms with Crippen molar-refractivity contribution in [3.8, 4) is 0 Å². The van der Waals surface area contributed by atoms with E-state index in [1.54, 1.807) is 0 Å². The molecule has 0 aromatic carbocycles. The molecule has 0 aromatic rings. The molecule has 0 N–H and O–H groups in total. The van der Waals surface area contributed by atoms with Gasteiger partial charge in [-0.2, -0.15) is 0 Å². The van der Waals surface area contributed by atoms with Crippen molar-refractivity contribution in [2.45, 2.75) is 118 Å². The number of nitrogens with zero attached hydrogens (tertiary/aromatic N) is 1. The Bertz CT molecular complexity index is 651. The first kappa shape index (κ1) is 22.6. The minimum Gasteiger partial charge on any atom is -0.211 e. The van der Waals surface area contributed by atoms with Crippen LogP contribution < -0.4 is 0 Å². The topological polar surface area (TPSA) is 29.4 Å². The van der Waals surface area contributed by atoms with E-state index in [1.807, 2.05) is 6.08 Å². The van der Waals surface area contributed by atoms with Crippen molar-refractivity contribution < 1.29 is 4.79 Å². The molecule has 0 aliphatic heterocycles. The average molecular weight is 414 g/mol. The minimum atomic E-state index is 0.258. The number of carbonyl (C=O) groups excluding carboxylic acids is 1. The summed E-state index contributed by atoms with van der Waals surface area (Å²) in [7, 11) is 0. The van der Waals surface area contributed by atoms with Gasteiger partial charge in [-0.15, -0.1) is 0 Å². The van der Waals surface area contributed by atoms with E-state index in [2.05, 4.69) is 39.6 Å². The lowest BCUT2D eigenvalue weighted by atomic mass is 9.44. The first-order valence-electron chi connectivity index (χ1n) is 13.4. The van der Waals surface area contributed by atoms with Crippen LogP contribution in [0.4, 0.5) is 0 Å². The molecule has 0 radical (unpaired) electrons. The van der Waals surface area contributed by atoms with Gasteiger partial charge in [-0.25, -0.2) is 9.79 Å². The Morgan fingerprint density at radius 3 is 2.37 bits per heavy atom. The van der Waals surface area contributed by atoms with E-state index >= 15 is 0 Å². The summed E-state index contributed by atoms with van der Waals surface area (Å²) in [6.07, 6.45) is 18.4. The first-order valence-corrected chi connectivity index (χ1v) is 13.4. The SMILES string of the molecule is CC(C)CCC[C@@H](C)[C@H]1CC[C@H]2[C@@H]3CCC4C[C@H](N=C=O)CC[C@]4(C)[C@H]3CC[C@]12C. The van der Waals surface area contributed by atoms with Crippen LogP contribution in [-0.2, 0) is 4.79 Å². The Kier molecular flexibility index (Phi) is 6.56. The molecule has 2 heteroatoms. The van der Waals surface area contributed by atoms with E-state index in [4.69, 9.17) is 0 Å². The number of fused-ring (bicyclic) bond motifs is 5. The highest BCUT2D eigenvalue weighted by atomic mass is 16.1. The summed E-state index contributed by atoms with van der Waals surface area (Å²) in [4.78, 5) is 14.9. The standard InChI is InChI=1S/C28H47NO/c1-19(2)7-6-8-20(3)24-11-12-25-23-10-9-21-17-22(29-18-30)13-15-27(21,4)26(23)14-16-28(24,25)5/h19-26H,6-17H2,1-5H3/t20-,21?,22-,23+,24-,25+,26+,27+,28-/m1/s1. The van der Waals surface area contributed by atoms with Crippen LogP contribution >= 0.6 is 0 Å². The smallest absolute Gasteiger partial charge is 0.211 e. The van der Waals surface area contributed by atoms with Gasteiger partial charge >= 0.3 is 0 Å². The number of aliphatic imine (C=N–C) groups is 1. The molecule has 4 fully saturated rings. The van der Waals surface area contributed by atoms with E-state index in [-0.39, 0.29) is 6.04 Å². The van der Waals surface area contributed by atoms with Gasteiger partial charge in [0.05, 0.1) is 6.04 Å². The third-order valence-corrected chi connectivity index (χ3v) is 11.1. The van der Waals surface area contributed by atoms with Crippen molar-refractivity contribution in [2.24, 2.45) is 57.2 Å². The number of rotatable bonds is 6. The van der Waals surface area contributed by atoms with Crippen molar-refractivity contribution in [3.63, 3.8) is 0 Å². The number of hydrogen-bond acceptors (Lipinski definition) is 2. The molecule has 0 aromatic heterocycles. The molecule has 4 aliphatic rings. The molecule has 30 heavy (non-hydrogen) atoms. The number of isocyanates is 1. The van der Waals surface area contributed by atoms with Gasteiger partial charge in [-0.1, -0.05) is 53.9 Å². The fraction of sp³-hybridized carbons (Fsp3) is 0.964.